The van der Waals surface area contributed by atoms with Crippen molar-refractivity contribution in [3.8, 4) is 0 Å². The van der Waals surface area contributed by atoms with Crippen molar-refractivity contribution in [3.63, 3.8) is 0 Å². The molecule has 1 aromatic rings. The molecule has 1 fully saturated rings. The van der Waals surface area contributed by atoms with E-state index in [2.05, 4.69) is 15.6 Å². The number of nitrogens with zero attached hydrogens (tertiary/aromatic N) is 1. The quantitative estimate of drug-likeness (QED) is 0.885. The minimum Gasteiger partial charge on any atom is -0.447 e. The van der Waals surface area contributed by atoms with Gasteiger partial charge in [-0.25, -0.2) is 9.78 Å². The Morgan fingerprint density at radius 3 is 2.85 bits per heavy atom. The van der Waals surface area contributed by atoms with Crippen LogP contribution in [0.5, 0.6) is 0 Å². The first kappa shape index (κ1) is 14.8. The Bertz CT molecular complexity index is 425. The van der Waals surface area contributed by atoms with E-state index in [1.165, 1.54) is 6.39 Å². The summed E-state index contributed by atoms with van der Waals surface area (Å²) in [5, 5.41) is 6.34. The SMILES string of the molecule is CC(C)(C)OC(=O)NC1CCCC1NCc1cnco1. The third-order valence-electron chi connectivity index (χ3n) is 3.24. The number of alkyl carbamates (subject to hydrolysis) is 1. The maximum atomic E-state index is 11.8. The molecule has 2 rings (SSSR count). The summed E-state index contributed by atoms with van der Waals surface area (Å²) < 4.78 is 10.5. The molecular formula is C14H23N3O3. The zero-order valence-corrected chi connectivity index (χ0v) is 12.3. The Morgan fingerprint density at radius 2 is 2.20 bits per heavy atom. The highest BCUT2D eigenvalue weighted by molar-refractivity contribution is 5.68. The van der Waals surface area contributed by atoms with Crippen LogP contribution in [0.4, 0.5) is 4.79 Å². The second kappa shape index (κ2) is 6.26. The number of carbonyl (C=O) groups is 1. The van der Waals surface area contributed by atoms with Crippen LogP contribution in [0.1, 0.15) is 45.8 Å². The number of rotatable bonds is 4. The Morgan fingerprint density at radius 1 is 1.45 bits per heavy atom. The second-order valence-electron chi connectivity index (χ2n) is 6.14. The summed E-state index contributed by atoms with van der Waals surface area (Å²) in [6.07, 6.45) is 5.85. The number of hydrogen-bond acceptors (Lipinski definition) is 5. The van der Waals surface area contributed by atoms with Gasteiger partial charge in [-0.2, -0.15) is 0 Å². The molecule has 1 amide bonds. The van der Waals surface area contributed by atoms with Crippen molar-refractivity contribution < 1.29 is 13.9 Å². The Kier molecular flexibility index (Phi) is 4.65. The normalized spacial score (nSPS) is 22.8. The van der Waals surface area contributed by atoms with Crippen molar-refractivity contribution >= 4 is 6.09 Å². The van der Waals surface area contributed by atoms with E-state index in [0.29, 0.717) is 6.54 Å². The van der Waals surface area contributed by atoms with Gasteiger partial charge >= 0.3 is 6.09 Å². The summed E-state index contributed by atoms with van der Waals surface area (Å²) in [5.74, 6) is 0.799. The average Bonchev–Trinajstić information content (AvgIpc) is 2.94. The summed E-state index contributed by atoms with van der Waals surface area (Å²) in [7, 11) is 0. The minimum absolute atomic E-state index is 0.104. The minimum atomic E-state index is -0.467. The summed E-state index contributed by atoms with van der Waals surface area (Å²) in [4.78, 5) is 15.7. The van der Waals surface area contributed by atoms with Crippen LogP contribution in [-0.4, -0.2) is 28.8 Å². The number of oxazole rings is 1. The summed E-state index contributed by atoms with van der Waals surface area (Å²) in [6, 6.07) is 0.348. The first-order valence-corrected chi connectivity index (χ1v) is 7.04. The molecular weight excluding hydrogens is 258 g/mol. The molecule has 112 valence electrons. The van der Waals surface area contributed by atoms with Gasteiger partial charge in [-0.15, -0.1) is 0 Å². The van der Waals surface area contributed by atoms with Gasteiger partial charge in [0, 0.05) is 12.1 Å². The lowest BCUT2D eigenvalue weighted by molar-refractivity contribution is 0.0498. The van der Waals surface area contributed by atoms with Gasteiger partial charge in [-0.05, 0) is 40.0 Å². The summed E-state index contributed by atoms with van der Waals surface area (Å²) in [5.41, 5.74) is -0.467. The van der Waals surface area contributed by atoms with Gasteiger partial charge in [0.05, 0.1) is 12.7 Å². The highest BCUT2D eigenvalue weighted by atomic mass is 16.6. The molecule has 20 heavy (non-hydrogen) atoms. The van der Waals surface area contributed by atoms with Crippen LogP contribution in [0.3, 0.4) is 0 Å². The molecule has 0 saturated heterocycles. The maximum absolute atomic E-state index is 11.8. The van der Waals surface area contributed by atoms with E-state index in [9.17, 15) is 4.79 Å². The zero-order chi connectivity index (χ0) is 14.6. The number of carbonyl (C=O) groups excluding carboxylic acids is 1. The Hall–Kier alpha value is -1.56. The number of amides is 1. The van der Waals surface area contributed by atoms with E-state index in [-0.39, 0.29) is 18.2 Å². The van der Waals surface area contributed by atoms with E-state index in [1.54, 1.807) is 6.20 Å². The van der Waals surface area contributed by atoms with Crippen LogP contribution in [0, 0.1) is 0 Å². The fourth-order valence-corrected chi connectivity index (χ4v) is 2.40. The maximum Gasteiger partial charge on any atom is 0.407 e. The van der Waals surface area contributed by atoms with E-state index < -0.39 is 5.60 Å². The first-order valence-electron chi connectivity index (χ1n) is 7.04. The Balaban J connectivity index is 1.80. The molecule has 1 aliphatic rings. The van der Waals surface area contributed by atoms with Crippen molar-refractivity contribution in [1.29, 1.82) is 0 Å². The van der Waals surface area contributed by atoms with E-state index >= 15 is 0 Å². The first-order chi connectivity index (χ1) is 9.44. The number of nitrogens with one attached hydrogen (secondary N) is 2. The monoisotopic (exact) mass is 281 g/mol. The van der Waals surface area contributed by atoms with Gasteiger partial charge in [-0.3, -0.25) is 0 Å². The molecule has 1 aromatic heterocycles. The van der Waals surface area contributed by atoms with Crippen LogP contribution in [0.25, 0.3) is 0 Å². The number of hydrogen-bond donors (Lipinski definition) is 2. The smallest absolute Gasteiger partial charge is 0.407 e. The standard InChI is InChI=1S/C14H23N3O3/c1-14(2,3)20-13(18)17-12-6-4-5-11(12)16-8-10-7-15-9-19-10/h7,9,11-12,16H,4-6,8H2,1-3H3,(H,17,18). The molecule has 2 N–H and O–H groups in total. The fourth-order valence-electron chi connectivity index (χ4n) is 2.40. The van der Waals surface area contributed by atoms with Crippen LogP contribution >= 0.6 is 0 Å². The Labute approximate surface area is 119 Å². The highest BCUT2D eigenvalue weighted by Gasteiger charge is 2.29. The van der Waals surface area contributed by atoms with Crippen LogP contribution < -0.4 is 10.6 Å². The van der Waals surface area contributed by atoms with Crippen molar-refractivity contribution in [2.75, 3.05) is 0 Å². The van der Waals surface area contributed by atoms with Gasteiger partial charge in [0.1, 0.15) is 11.4 Å². The van der Waals surface area contributed by atoms with Gasteiger partial charge in [0.2, 0.25) is 0 Å². The molecule has 0 radical (unpaired) electrons. The van der Waals surface area contributed by atoms with Crippen molar-refractivity contribution in [3.05, 3.63) is 18.4 Å². The number of ether oxygens (including phenoxy) is 1. The molecule has 1 heterocycles. The molecule has 2 atom stereocenters. The van der Waals surface area contributed by atoms with E-state index in [4.69, 9.17) is 9.15 Å². The topological polar surface area (TPSA) is 76.4 Å². The molecule has 0 aliphatic heterocycles. The third kappa shape index (κ3) is 4.52. The lowest BCUT2D eigenvalue weighted by atomic mass is 10.1. The molecule has 1 aliphatic carbocycles. The molecule has 6 nitrogen and oxygen atoms in total. The molecule has 0 bridgehead atoms. The van der Waals surface area contributed by atoms with Crippen LogP contribution in [-0.2, 0) is 11.3 Å². The summed E-state index contributed by atoms with van der Waals surface area (Å²) in [6.45, 7) is 6.21. The molecule has 2 unspecified atom stereocenters. The molecule has 1 saturated carbocycles. The van der Waals surface area contributed by atoms with Gasteiger partial charge in [-0.1, -0.05) is 0 Å². The second-order valence-corrected chi connectivity index (χ2v) is 6.14. The largest absolute Gasteiger partial charge is 0.447 e. The van der Waals surface area contributed by atoms with Gasteiger partial charge < -0.3 is 19.8 Å². The lowest BCUT2D eigenvalue weighted by Gasteiger charge is -2.25. The van der Waals surface area contributed by atoms with E-state index in [1.807, 2.05) is 20.8 Å². The van der Waals surface area contributed by atoms with Crippen molar-refractivity contribution in [2.24, 2.45) is 0 Å². The molecule has 0 aromatic carbocycles. The average molecular weight is 281 g/mol. The molecule has 0 spiro atoms. The van der Waals surface area contributed by atoms with E-state index in [0.717, 1.165) is 25.0 Å². The predicted molar refractivity (Wildman–Crippen MR) is 74.1 cm³/mol. The lowest BCUT2D eigenvalue weighted by Crippen LogP contribution is -2.47. The molecule has 6 heteroatoms. The van der Waals surface area contributed by atoms with Crippen LogP contribution in [0.15, 0.2) is 17.0 Å². The fraction of sp³-hybridized carbons (Fsp3) is 0.714. The highest BCUT2D eigenvalue weighted by Crippen LogP contribution is 2.20. The zero-order valence-electron chi connectivity index (χ0n) is 12.3. The number of aromatic nitrogens is 1. The van der Waals surface area contributed by atoms with Crippen LogP contribution in [0.2, 0.25) is 0 Å². The third-order valence-corrected chi connectivity index (χ3v) is 3.24. The van der Waals surface area contributed by atoms with Crippen molar-refractivity contribution in [1.82, 2.24) is 15.6 Å². The summed E-state index contributed by atoms with van der Waals surface area (Å²) >= 11 is 0. The van der Waals surface area contributed by atoms with Gasteiger partial charge in [0.15, 0.2) is 6.39 Å². The predicted octanol–water partition coefficient (Wildman–Crippen LogP) is 2.21. The van der Waals surface area contributed by atoms with Crippen molar-refractivity contribution in [2.45, 2.75) is 64.3 Å². The van der Waals surface area contributed by atoms with Gasteiger partial charge in [0.25, 0.3) is 0 Å².